The highest BCUT2D eigenvalue weighted by Gasteiger charge is 2.20. The molecule has 0 aromatic carbocycles. The molecule has 2 rings (SSSR count). The molecular weight excluding hydrogens is 286 g/mol. The number of morpholine rings is 1. The van der Waals surface area contributed by atoms with Crippen molar-refractivity contribution in [2.24, 2.45) is 11.3 Å². The summed E-state index contributed by atoms with van der Waals surface area (Å²) in [6, 6.07) is 0. The fourth-order valence-electron chi connectivity index (χ4n) is 2.22. The standard InChI is InChI=1S/C15H27N3O2S/c1-12(5-6-15(2,3)4)11-20-14-13(16-21-17-14)18-7-9-19-10-8-18/h12H,5-11H2,1-4H3/t12-/m0/s1. The van der Waals surface area contributed by atoms with E-state index in [4.69, 9.17) is 9.47 Å². The average molecular weight is 313 g/mol. The summed E-state index contributed by atoms with van der Waals surface area (Å²) in [5.74, 6) is 2.10. The summed E-state index contributed by atoms with van der Waals surface area (Å²) >= 11 is 1.22. The van der Waals surface area contributed by atoms with Crippen molar-refractivity contribution in [2.75, 3.05) is 37.8 Å². The van der Waals surface area contributed by atoms with Crippen LogP contribution in [0.2, 0.25) is 0 Å². The summed E-state index contributed by atoms with van der Waals surface area (Å²) in [5.41, 5.74) is 0.384. The van der Waals surface area contributed by atoms with Gasteiger partial charge in [0.15, 0.2) is 0 Å². The lowest BCUT2D eigenvalue weighted by molar-refractivity contribution is 0.122. The zero-order chi connectivity index (χ0) is 15.3. The van der Waals surface area contributed by atoms with Gasteiger partial charge in [0.25, 0.3) is 5.88 Å². The molecule has 1 aromatic rings. The molecule has 0 unspecified atom stereocenters. The summed E-state index contributed by atoms with van der Waals surface area (Å²) in [4.78, 5) is 2.20. The van der Waals surface area contributed by atoms with Crippen LogP contribution in [0.5, 0.6) is 5.88 Å². The Balaban J connectivity index is 1.82. The number of hydrogen-bond donors (Lipinski definition) is 0. The number of rotatable bonds is 6. The van der Waals surface area contributed by atoms with Crippen molar-refractivity contribution in [3.05, 3.63) is 0 Å². The van der Waals surface area contributed by atoms with Gasteiger partial charge in [-0.3, -0.25) is 0 Å². The lowest BCUT2D eigenvalue weighted by Gasteiger charge is -2.27. The van der Waals surface area contributed by atoms with E-state index in [-0.39, 0.29) is 0 Å². The molecule has 21 heavy (non-hydrogen) atoms. The third-order valence-corrected chi connectivity index (χ3v) is 4.15. The Bertz CT molecular complexity index is 425. The van der Waals surface area contributed by atoms with Gasteiger partial charge in [-0.2, -0.15) is 4.37 Å². The summed E-state index contributed by atoms with van der Waals surface area (Å²) in [6.07, 6.45) is 2.39. The maximum atomic E-state index is 5.91. The summed E-state index contributed by atoms with van der Waals surface area (Å²) in [7, 11) is 0. The zero-order valence-electron chi connectivity index (χ0n) is 13.6. The Labute approximate surface area is 132 Å². The van der Waals surface area contributed by atoms with E-state index < -0.39 is 0 Å². The van der Waals surface area contributed by atoms with E-state index in [1.807, 2.05) is 0 Å². The summed E-state index contributed by atoms with van der Waals surface area (Å²) < 4.78 is 20.0. The number of hydrogen-bond acceptors (Lipinski definition) is 6. The van der Waals surface area contributed by atoms with Crippen LogP contribution in [0, 0.1) is 11.3 Å². The van der Waals surface area contributed by atoms with E-state index in [1.54, 1.807) is 0 Å². The van der Waals surface area contributed by atoms with Crippen LogP contribution in [0.25, 0.3) is 0 Å². The monoisotopic (exact) mass is 313 g/mol. The Morgan fingerprint density at radius 1 is 1.29 bits per heavy atom. The number of anilines is 1. The topological polar surface area (TPSA) is 47.5 Å². The third-order valence-electron chi connectivity index (χ3n) is 3.64. The Hall–Kier alpha value is -0.880. The van der Waals surface area contributed by atoms with Crippen LogP contribution < -0.4 is 9.64 Å². The van der Waals surface area contributed by atoms with Crippen LogP contribution in [0.15, 0.2) is 0 Å². The molecule has 0 N–H and O–H groups in total. The number of aromatic nitrogens is 2. The maximum Gasteiger partial charge on any atom is 0.270 e. The molecule has 1 aromatic heterocycles. The SMILES string of the molecule is C[C@@H](CCC(C)(C)C)COc1nsnc1N1CCOCC1. The molecule has 2 heterocycles. The van der Waals surface area contributed by atoms with Gasteiger partial charge in [-0.1, -0.05) is 27.7 Å². The summed E-state index contributed by atoms with van der Waals surface area (Å²) in [6.45, 7) is 13.0. The number of ether oxygens (including phenoxy) is 2. The average Bonchev–Trinajstić information content (AvgIpc) is 2.91. The molecule has 120 valence electrons. The van der Waals surface area contributed by atoms with Crippen LogP contribution in [0.3, 0.4) is 0 Å². The molecule has 0 amide bonds. The second-order valence-corrected chi connectivity index (χ2v) is 7.54. The van der Waals surface area contributed by atoms with Gasteiger partial charge in [0.2, 0.25) is 5.82 Å². The first kappa shape index (κ1) is 16.5. The second-order valence-electron chi connectivity index (χ2n) is 7.01. The highest BCUT2D eigenvalue weighted by Crippen LogP contribution is 2.28. The van der Waals surface area contributed by atoms with E-state index in [1.165, 1.54) is 24.6 Å². The predicted octanol–water partition coefficient (Wildman–Crippen LogP) is 3.22. The van der Waals surface area contributed by atoms with Gasteiger partial charge in [0.1, 0.15) is 0 Å². The number of nitrogens with zero attached hydrogens (tertiary/aromatic N) is 3. The first-order valence-electron chi connectivity index (χ1n) is 7.74. The summed E-state index contributed by atoms with van der Waals surface area (Å²) in [5, 5.41) is 0. The molecule has 0 spiro atoms. The quantitative estimate of drug-likeness (QED) is 0.807. The predicted molar refractivity (Wildman–Crippen MR) is 86.3 cm³/mol. The van der Waals surface area contributed by atoms with Crippen LogP contribution in [0.1, 0.15) is 40.5 Å². The molecule has 1 saturated heterocycles. The van der Waals surface area contributed by atoms with E-state index in [0.717, 1.165) is 32.1 Å². The van der Waals surface area contributed by atoms with E-state index in [2.05, 4.69) is 41.3 Å². The van der Waals surface area contributed by atoms with E-state index in [0.29, 0.717) is 23.8 Å². The van der Waals surface area contributed by atoms with Gasteiger partial charge in [-0.05, 0) is 24.2 Å². The third kappa shape index (κ3) is 5.43. The van der Waals surface area contributed by atoms with Crippen molar-refractivity contribution in [1.29, 1.82) is 0 Å². The lowest BCUT2D eigenvalue weighted by atomic mass is 9.87. The zero-order valence-corrected chi connectivity index (χ0v) is 14.4. The van der Waals surface area contributed by atoms with Crippen molar-refractivity contribution >= 4 is 17.5 Å². The van der Waals surface area contributed by atoms with Gasteiger partial charge in [-0.25, -0.2) is 0 Å². The highest BCUT2D eigenvalue weighted by atomic mass is 32.1. The Morgan fingerprint density at radius 2 is 2.00 bits per heavy atom. The smallest absolute Gasteiger partial charge is 0.270 e. The van der Waals surface area contributed by atoms with Gasteiger partial charge in [0, 0.05) is 13.1 Å². The minimum Gasteiger partial charge on any atom is -0.474 e. The molecule has 5 nitrogen and oxygen atoms in total. The van der Waals surface area contributed by atoms with Crippen molar-refractivity contribution < 1.29 is 9.47 Å². The van der Waals surface area contributed by atoms with Crippen LogP contribution in [-0.4, -0.2) is 41.7 Å². The van der Waals surface area contributed by atoms with Crippen LogP contribution in [-0.2, 0) is 4.74 Å². The van der Waals surface area contributed by atoms with E-state index >= 15 is 0 Å². The lowest BCUT2D eigenvalue weighted by Crippen LogP contribution is -2.36. The van der Waals surface area contributed by atoms with Crippen molar-refractivity contribution in [3.8, 4) is 5.88 Å². The molecule has 0 saturated carbocycles. The first-order valence-corrected chi connectivity index (χ1v) is 8.47. The molecule has 0 bridgehead atoms. The molecule has 1 aliphatic heterocycles. The molecule has 0 aliphatic carbocycles. The second kappa shape index (κ2) is 7.40. The van der Waals surface area contributed by atoms with Gasteiger partial charge < -0.3 is 14.4 Å². The van der Waals surface area contributed by atoms with Crippen molar-refractivity contribution in [2.45, 2.75) is 40.5 Å². The normalized spacial score (nSPS) is 17.8. The Kier molecular flexibility index (Phi) is 5.81. The van der Waals surface area contributed by atoms with Crippen LogP contribution in [0.4, 0.5) is 5.82 Å². The minimum atomic E-state index is 0.384. The molecule has 6 heteroatoms. The fraction of sp³-hybridized carbons (Fsp3) is 0.867. The molecular formula is C15H27N3O2S. The van der Waals surface area contributed by atoms with E-state index in [9.17, 15) is 0 Å². The first-order chi connectivity index (χ1) is 9.96. The van der Waals surface area contributed by atoms with Crippen LogP contribution >= 0.6 is 11.7 Å². The Morgan fingerprint density at radius 3 is 2.67 bits per heavy atom. The minimum absolute atomic E-state index is 0.384. The molecule has 1 aliphatic rings. The van der Waals surface area contributed by atoms with Crippen molar-refractivity contribution in [1.82, 2.24) is 8.75 Å². The van der Waals surface area contributed by atoms with Gasteiger partial charge >= 0.3 is 0 Å². The highest BCUT2D eigenvalue weighted by molar-refractivity contribution is 6.99. The molecule has 0 radical (unpaired) electrons. The van der Waals surface area contributed by atoms with Gasteiger partial charge in [-0.15, -0.1) is 4.37 Å². The molecule has 1 atom stereocenters. The largest absolute Gasteiger partial charge is 0.474 e. The fourth-order valence-corrected chi connectivity index (χ4v) is 2.74. The molecule has 1 fully saturated rings. The maximum absolute atomic E-state index is 5.91. The van der Waals surface area contributed by atoms with Gasteiger partial charge in [0.05, 0.1) is 31.5 Å². The van der Waals surface area contributed by atoms with Crippen molar-refractivity contribution in [3.63, 3.8) is 0 Å².